The zero-order valence-electron chi connectivity index (χ0n) is 11.7. The van der Waals surface area contributed by atoms with E-state index in [1.165, 1.54) is 22.2 Å². The summed E-state index contributed by atoms with van der Waals surface area (Å²) in [7, 11) is 0. The first-order valence-corrected chi connectivity index (χ1v) is 7.99. The van der Waals surface area contributed by atoms with Crippen LogP contribution < -0.4 is 11.3 Å². The highest BCUT2D eigenvalue weighted by molar-refractivity contribution is 7.17. The van der Waals surface area contributed by atoms with E-state index >= 15 is 0 Å². The lowest BCUT2D eigenvalue weighted by Gasteiger charge is -2.20. The number of nitrogens with two attached hydrogens (primary N) is 1. The lowest BCUT2D eigenvalue weighted by molar-refractivity contribution is -0.131. The largest absolute Gasteiger partial charge is 0.341 e. The van der Waals surface area contributed by atoms with Gasteiger partial charge in [0.05, 0.1) is 11.8 Å². The van der Waals surface area contributed by atoms with Crippen LogP contribution in [0.15, 0.2) is 22.6 Å². The Morgan fingerprint density at radius 3 is 3.14 bits per heavy atom. The quantitative estimate of drug-likeness (QED) is 0.890. The van der Waals surface area contributed by atoms with Crippen molar-refractivity contribution in [2.75, 3.05) is 13.1 Å². The van der Waals surface area contributed by atoms with Gasteiger partial charge < -0.3 is 10.6 Å². The van der Waals surface area contributed by atoms with Crippen LogP contribution in [0.2, 0.25) is 0 Å². The van der Waals surface area contributed by atoms with E-state index in [2.05, 4.69) is 4.98 Å². The number of aromatic nitrogens is 2. The number of hydrogen-bond donors (Lipinski definition) is 1. The van der Waals surface area contributed by atoms with E-state index in [0.717, 1.165) is 25.8 Å². The van der Waals surface area contributed by atoms with Crippen molar-refractivity contribution in [1.29, 1.82) is 0 Å². The van der Waals surface area contributed by atoms with Gasteiger partial charge in [-0.05, 0) is 30.7 Å². The number of carbonyl (C=O) groups is 1. The number of carbonyl (C=O) groups excluding carboxylic acids is 1. The molecule has 112 valence electrons. The maximum absolute atomic E-state index is 12.4. The third-order valence-electron chi connectivity index (χ3n) is 3.87. The van der Waals surface area contributed by atoms with E-state index < -0.39 is 0 Å². The number of amides is 1. The molecule has 7 heteroatoms. The average molecular weight is 306 g/mol. The van der Waals surface area contributed by atoms with E-state index in [1.54, 1.807) is 4.90 Å². The van der Waals surface area contributed by atoms with Crippen molar-refractivity contribution < 1.29 is 4.79 Å². The number of nitrogens with zero attached hydrogens (tertiary/aromatic N) is 3. The van der Waals surface area contributed by atoms with Gasteiger partial charge >= 0.3 is 0 Å². The predicted octanol–water partition coefficient (Wildman–Crippen LogP) is 0.798. The minimum Gasteiger partial charge on any atom is -0.341 e. The molecular formula is C14H18N4O2S. The van der Waals surface area contributed by atoms with Gasteiger partial charge in [0, 0.05) is 19.1 Å². The van der Waals surface area contributed by atoms with Crippen molar-refractivity contribution in [3.63, 3.8) is 0 Å². The van der Waals surface area contributed by atoms with Crippen LogP contribution in [0.25, 0.3) is 10.2 Å². The molecule has 2 aromatic rings. The van der Waals surface area contributed by atoms with E-state index in [9.17, 15) is 9.59 Å². The molecule has 0 spiro atoms. The second kappa shape index (κ2) is 5.95. The summed E-state index contributed by atoms with van der Waals surface area (Å²) in [6.45, 7) is 1.44. The first-order chi connectivity index (χ1) is 10.1. The van der Waals surface area contributed by atoms with Crippen molar-refractivity contribution >= 4 is 27.5 Å². The van der Waals surface area contributed by atoms with Crippen LogP contribution in [0.1, 0.15) is 19.3 Å². The van der Waals surface area contributed by atoms with Crippen molar-refractivity contribution in [1.82, 2.24) is 14.5 Å². The fourth-order valence-corrected chi connectivity index (χ4v) is 3.40. The average Bonchev–Trinajstić information content (AvgIpc) is 2.84. The maximum Gasteiger partial charge on any atom is 0.271 e. The van der Waals surface area contributed by atoms with Gasteiger partial charge in [-0.3, -0.25) is 14.2 Å². The lowest BCUT2D eigenvalue weighted by Crippen LogP contribution is -2.37. The summed E-state index contributed by atoms with van der Waals surface area (Å²) >= 11 is 1.36. The lowest BCUT2D eigenvalue weighted by atomic mass is 10.1. The van der Waals surface area contributed by atoms with Gasteiger partial charge in [0.2, 0.25) is 5.91 Å². The van der Waals surface area contributed by atoms with E-state index in [4.69, 9.17) is 5.73 Å². The van der Waals surface area contributed by atoms with Crippen LogP contribution in [0.5, 0.6) is 0 Å². The molecule has 0 bridgehead atoms. The molecule has 1 aliphatic heterocycles. The van der Waals surface area contributed by atoms with Crippen LogP contribution in [0, 0.1) is 0 Å². The molecule has 2 aromatic heterocycles. The Morgan fingerprint density at radius 2 is 2.29 bits per heavy atom. The fourth-order valence-electron chi connectivity index (χ4n) is 2.61. The number of thiophene rings is 1. The van der Waals surface area contributed by atoms with Gasteiger partial charge in [0.25, 0.3) is 5.56 Å². The van der Waals surface area contributed by atoms with Crippen LogP contribution in [-0.4, -0.2) is 39.5 Å². The standard InChI is InChI=1S/C14H18N4O2S/c15-10-2-1-5-17(6-3-10)12(19)8-18-9-16-11-4-7-21-13(11)14(18)20/h4,7,9-10H,1-3,5-6,8,15H2. The molecule has 3 heterocycles. The predicted molar refractivity (Wildman–Crippen MR) is 82.3 cm³/mol. The van der Waals surface area contributed by atoms with Gasteiger partial charge in [0.15, 0.2) is 0 Å². The molecule has 3 rings (SSSR count). The summed E-state index contributed by atoms with van der Waals surface area (Å²) in [5.41, 5.74) is 6.47. The van der Waals surface area contributed by atoms with Crippen molar-refractivity contribution in [2.24, 2.45) is 5.73 Å². The molecule has 1 saturated heterocycles. The Bertz CT molecular complexity index is 708. The molecule has 1 unspecified atom stereocenters. The second-order valence-electron chi connectivity index (χ2n) is 5.38. The third kappa shape index (κ3) is 2.98. The van der Waals surface area contributed by atoms with Gasteiger partial charge in [-0.2, -0.15) is 0 Å². The van der Waals surface area contributed by atoms with E-state index in [1.807, 2.05) is 11.4 Å². The minimum absolute atomic E-state index is 0.0380. The molecule has 21 heavy (non-hydrogen) atoms. The SMILES string of the molecule is NC1CCCN(C(=O)Cn2cnc3ccsc3c2=O)CC1. The number of likely N-dealkylation sites (tertiary alicyclic amines) is 1. The summed E-state index contributed by atoms with van der Waals surface area (Å²) in [5, 5.41) is 1.83. The molecule has 1 aliphatic rings. The first-order valence-electron chi connectivity index (χ1n) is 7.11. The van der Waals surface area contributed by atoms with Crippen LogP contribution >= 0.6 is 11.3 Å². The number of rotatable bonds is 2. The molecule has 0 radical (unpaired) electrons. The molecule has 1 atom stereocenters. The molecule has 0 saturated carbocycles. The summed E-state index contributed by atoms with van der Waals surface area (Å²) in [4.78, 5) is 30.6. The molecule has 6 nitrogen and oxygen atoms in total. The topological polar surface area (TPSA) is 81.2 Å². The Hall–Kier alpha value is -1.73. The minimum atomic E-state index is -0.144. The van der Waals surface area contributed by atoms with Crippen LogP contribution in [0.3, 0.4) is 0 Å². The number of hydrogen-bond acceptors (Lipinski definition) is 5. The Morgan fingerprint density at radius 1 is 1.43 bits per heavy atom. The molecule has 0 aromatic carbocycles. The Balaban J connectivity index is 1.76. The van der Waals surface area contributed by atoms with Gasteiger partial charge in [-0.25, -0.2) is 4.98 Å². The maximum atomic E-state index is 12.4. The highest BCUT2D eigenvalue weighted by Gasteiger charge is 2.19. The monoisotopic (exact) mass is 306 g/mol. The highest BCUT2D eigenvalue weighted by atomic mass is 32.1. The summed E-state index contributed by atoms with van der Waals surface area (Å²) < 4.78 is 2.00. The first kappa shape index (κ1) is 14.2. The van der Waals surface area contributed by atoms with E-state index in [-0.39, 0.29) is 24.1 Å². The van der Waals surface area contributed by atoms with E-state index in [0.29, 0.717) is 16.8 Å². The zero-order chi connectivity index (χ0) is 14.8. The van der Waals surface area contributed by atoms with Crippen molar-refractivity contribution in [2.45, 2.75) is 31.8 Å². The third-order valence-corrected chi connectivity index (χ3v) is 4.76. The Labute approximate surface area is 126 Å². The zero-order valence-corrected chi connectivity index (χ0v) is 12.5. The second-order valence-corrected chi connectivity index (χ2v) is 6.30. The summed E-state index contributed by atoms with van der Waals surface area (Å²) in [6, 6.07) is 1.98. The molecule has 0 aliphatic carbocycles. The summed E-state index contributed by atoms with van der Waals surface area (Å²) in [6.07, 6.45) is 4.15. The smallest absolute Gasteiger partial charge is 0.271 e. The van der Waals surface area contributed by atoms with Crippen molar-refractivity contribution in [3.05, 3.63) is 28.1 Å². The highest BCUT2D eigenvalue weighted by Crippen LogP contribution is 2.13. The fraction of sp³-hybridized carbons (Fsp3) is 0.500. The normalized spacial score (nSPS) is 19.7. The molecule has 2 N–H and O–H groups in total. The van der Waals surface area contributed by atoms with Crippen LogP contribution in [0.4, 0.5) is 0 Å². The van der Waals surface area contributed by atoms with Crippen LogP contribution in [-0.2, 0) is 11.3 Å². The Kier molecular flexibility index (Phi) is 4.03. The summed E-state index contributed by atoms with van der Waals surface area (Å²) in [5.74, 6) is -0.0380. The molecule has 1 fully saturated rings. The van der Waals surface area contributed by atoms with Crippen molar-refractivity contribution in [3.8, 4) is 0 Å². The van der Waals surface area contributed by atoms with Gasteiger partial charge in [0.1, 0.15) is 11.2 Å². The molecular weight excluding hydrogens is 288 g/mol. The van der Waals surface area contributed by atoms with Gasteiger partial charge in [-0.1, -0.05) is 0 Å². The molecule has 1 amide bonds. The van der Waals surface area contributed by atoms with Gasteiger partial charge in [-0.15, -0.1) is 11.3 Å². The number of fused-ring (bicyclic) bond motifs is 1.